The lowest BCUT2D eigenvalue weighted by atomic mass is 10.1. The van der Waals surface area contributed by atoms with Crippen molar-refractivity contribution in [3.8, 4) is 0 Å². The maximum absolute atomic E-state index is 12.0. The number of carboxylic acid groups (broad SMARTS) is 1. The maximum atomic E-state index is 12.0. The summed E-state index contributed by atoms with van der Waals surface area (Å²) in [4.78, 5) is 25.2. The highest BCUT2D eigenvalue weighted by molar-refractivity contribution is 5.94. The third kappa shape index (κ3) is 6.69. The molecule has 1 rings (SSSR count). The number of anilines is 1. The van der Waals surface area contributed by atoms with Gasteiger partial charge in [0.15, 0.2) is 0 Å². The number of rotatable bonds is 8. The highest BCUT2D eigenvalue weighted by Gasteiger charge is 2.20. The SMILES string of the molecule is Cc1cc(C)cc(NC(=O)C[C@H](NCCN(C)C)C(=O)O)c1. The van der Waals surface area contributed by atoms with E-state index in [1.54, 1.807) is 0 Å². The number of amides is 1. The van der Waals surface area contributed by atoms with Gasteiger partial charge in [0.05, 0.1) is 6.42 Å². The van der Waals surface area contributed by atoms with Crippen LogP contribution in [0.5, 0.6) is 0 Å². The minimum Gasteiger partial charge on any atom is -0.480 e. The van der Waals surface area contributed by atoms with Crippen molar-refractivity contribution in [3.05, 3.63) is 29.3 Å². The van der Waals surface area contributed by atoms with Gasteiger partial charge < -0.3 is 20.6 Å². The molecule has 1 aromatic rings. The molecular formula is C16H25N3O3. The molecule has 1 amide bonds. The molecule has 0 aliphatic carbocycles. The van der Waals surface area contributed by atoms with Crippen LogP contribution in [0.1, 0.15) is 17.5 Å². The first kappa shape index (κ1) is 18.1. The van der Waals surface area contributed by atoms with E-state index in [-0.39, 0.29) is 12.3 Å². The molecule has 0 saturated carbocycles. The predicted octanol–water partition coefficient (Wildman–Crippen LogP) is 1.24. The van der Waals surface area contributed by atoms with Crippen molar-refractivity contribution in [1.82, 2.24) is 10.2 Å². The first-order valence-electron chi connectivity index (χ1n) is 7.27. The molecule has 0 radical (unpaired) electrons. The van der Waals surface area contributed by atoms with Crippen molar-refractivity contribution in [2.75, 3.05) is 32.5 Å². The van der Waals surface area contributed by atoms with Crippen LogP contribution in [0.25, 0.3) is 0 Å². The number of hydrogen-bond acceptors (Lipinski definition) is 4. The van der Waals surface area contributed by atoms with Crippen LogP contribution >= 0.6 is 0 Å². The lowest BCUT2D eigenvalue weighted by molar-refractivity contribution is -0.141. The summed E-state index contributed by atoms with van der Waals surface area (Å²) < 4.78 is 0. The predicted molar refractivity (Wildman–Crippen MR) is 87.1 cm³/mol. The van der Waals surface area contributed by atoms with Gasteiger partial charge in [-0.2, -0.15) is 0 Å². The Morgan fingerprint density at radius 1 is 1.18 bits per heavy atom. The van der Waals surface area contributed by atoms with E-state index in [0.29, 0.717) is 18.8 Å². The van der Waals surface area contributed by atoms with Crippen molar-refractivity contribution in [3.63, 3.8) is 0 Å². The highest BCUT2D eigenvalue weighted by atomic mass is 16.4. The van der Waals surface area contributed by atoms with Crippen molar-refractivity contribution in [1.29, 1.82) is 0 Å². The fourth-order valence-corrected chi connectivity index (χ4v) is 2.15. The molecule has 22 heavy (non-hydrogen) atoms. The molecule has 1 atom stereocenters. The standard InChI is InChI=1S/C16H25N3O3/c1-11-7-12(2)9-13(8-11)18-15(20)10-14(16(21)22)17-5-6-19(3)4/h7-9,14,17H,5-6,10H2,1-4H3,(H,18,20)(H,21,22)/t14-/m0/s1. The van der Waals surface area contributed by atoms with Crippen LogP contribution in [0.2, 0.25) is 0 Å². The summed E-state index contributed by atoms with van der Waals surface area (Å²) in [6.07, 6.45) is -0.101. The van der Waals surface area contributed by atoms with Crippen LogP contribution in [0.15, 0.2) is 18.2 Å². The molecule has 0 spiro atoms. The number of hydrogen-bond donors (Lipinski definition) is 3. The Morgan fingerprint density at radius 3 is 2.27 bits per heavy atom. The average molecular weight is 307 g/mol. The van der Waals surface area contributed by atoms with Crippen LogP contribution in [-0.2, 0) is 9.59 Å². The number of benzene rings is 1. The summed E-state index contributed by atoms with van der Waals surface area (Å²) in [5, 5.41) is 14.8. The third-order valence-corrected chi connectivity index (χ3v) is 3.14. The second-order valence-corrected chi connectivity index (χ2v) is 5.78. The third-order valence-electron chi connectivity index (χ3n) is 3.14. The zero-order valence-corrected chi connectivity index (χ0v) is 13.6. The van der Waals surface area contributed by atoms with Gasteiger partial charge in [0.1, 0.15) is 6.04 Å². The van der Waals surface area contributed by atoms with Crippen molar-refractivity contribution >= 4 is 17.6 Å². The topological polar surface area (TPSA) is 81.7 Å². The second-order valence-electron chi connectivity index (χ2n) is 5.78. The van der Waals surface area contributed by atoms with E-state index in [0.717, 1.165) is 11.1 Å². The zero-order chi connectivity index (χ0) is 16.7. The zero-order valence-electron chi connectivity index (χ0n) is 13.6. The summed E-state index contributed by atoms with van der Waals surface area (Å²) in [7, 11) is 3.81. The Kier molecular flexibility index (Phi) is 7.01. The van der Waals surface area contributed by atoms with Crippen LogP contribution < -0.4 is 10.6 Å². The van der Waals surface area contributed by atoms with Crippen molar-refractivity contribution < 1.29 is 14.7 Å². The van der Waals surface area contributed by atoms with Crippen LogP contribution in [-0.4, -0.2) is 55.1 Å². The van der Waals surface area contributed by atoms with E-state index in [2.05, 4.69) is 10.6 Å². The molecule has 0 fully saturated rings. The van der Waals surface area contributed by atoms with Crippen molar-refractivity contribution in [2.24, 2.45) is 0 Å². The number of aryl methyl sites for hydroxylation is 2. The second kappa shape index (κ2) is 8.51. The van der Waals surface area contributed by atoms with Gasteiger partial charge in [-0.1, -0.05) is 6.07 Å². The molecule has 3 N–H and O–H groups in total. The van der Waals surface area contributed by atoms with Crippen LogP contribution in [0.3, 0.4) is 0 Å². The fraction of sp³-hybridized carbons (Fsp3) is 0.500. The molecule has 6 heteroatoms. The van der Waals surface area contributed by atoms with E-state index >= 15 is 0 Å². The Balaban J connectivity index is 2.57. The Bertz CT molecular complexity index is 509. The van der Waals surface area contributed by atoms with Crippen LogP contribution in [0.4, 0.5) is 5.69 Å². The van der Waals surface area contributed by atoms with E-state index in [1.807, 2.05) is 51.0 Å². The van der Waals surface area contributed by atoms with E-state index in [9.17, 15) is 14.7 Å². The molecule has 0 aliphatic heterocycles. The Morgan fingerprint density at radius 2 is 1.77 bits per heavy atom. The molecule has 6 nitrogen and oxygen atoms in total. The molecule has 0 heterocycles. The molecule has 0 aliphatic rings. The number of carbonyl (C=O) groups excluding carboxylic acids is 1. The van der Waals surface area contributed by atoms with Gasteiger partial charge in [-0.15, -0.1) is 0 Å². The average Bonchev–Trinajstić information content (AvgIpc) is 2.35. The summed E-state index contributed by atoms with van der Waals surface area (Å²) in [6.45, 7) is 5.13. The van der Waals surface area contributed by atoms with Gasteiger partial charge in [0, 0.05) is 18.8 Å². The van der Waals surface area contributed by atoms with Crippen LogP contribution in [0, 0.1) is 13.8 Å². The van der Waals surface area contributed by atoms with E-state index in [4.69, 9.17) is 0 Å². The first-order chi connectivity index (χ1) is 10.3. The summed E-state index contributed by atoms with van der Waals surface area (Å²) >= 11 is 0. The number of aliphatic carboxylic acids is 1. The minimum atomic E-state index is -1.02. The number of nitrogens with one attached hydrogen (secondary N) is 2. The first-order valence-corrected chi connectivity index (χ1v) is 7.27. The Labute approximate surface area is 131 Å². The largest absolute Gasteiger partial charge is 0.480 e. The van der Waals surface area contributed by atoms with E-state index in [1.165, 1.54) is 0 Å². The van der Waals surface area contributed by atoms with Gasteiger partial charge in [0.2, 0.25) is 5.91 Å². The monoisotopic (exact) mass is 307 g/mol. The number of likely N-dealkylation sites (N-methyl/N-ethyl adjacent to an activating group) is 1. The minimum absolute atomic E-state index is 0.101. The lowest BCUT2D eigenvalue weighted by Gasteiger charge is -2.16. The maximum Gasteiger partial charge on any atom is 0.321 e. The van der Waals surface area contributed by atoms with Gasteiger partial charge in [-0.25, -0.2) is 0 Å². The number of nitrogens with zero attached hydrogens (tertiary/aromatic N) is 1. The smallest absolute Gasteiger partial charge is 0.321 e. The fourth-order valence-electron chi connectivity index (χ4n) is 2.15. The quantitative estimate of drug-likeness (QED) is 0.673. The summed E-state index contributed by atoms with van der Waals surface area (Å²) in [5.74, 6) is -1.33. The summed E-state index contributed by atoms with van der Waals surface area (Å²) in [6, 6.07) is 4.85. The molecule has 0 saturated heterocycles. The van der Waals surface area contributed by atoms with E-state index < -0.39 is 12.0 Å². The molecule has 0 aromatic heterocycles. The van der Waals surface area contributed by atoms with Gasteiger partial charge in [-0.05, 0) is 51.2 Å². The number of carboxylic acids is 1. The summed E-state index contributed by atoms with van der Waals surface area (Å²) in [5.41, 5.74) is 2.79. The normalized spacial score (nSPS) is 12.2. The molecule has 122 valence electrons. The van der Waals surface area contributed by atoms with Gasteiger partial charge in [-0.3, -0.25) is 9.59 Å². The molecule has 1 aromatic carbocycles. The van der Waals surface area contributed by atoms with Gasteiger partial charge >= 0.3 is 5.97 Å². The molecular weight excluding hydrogens is 282 g/mol. The molecule has 0 unspecified atom stereocenters. The Hall–Kier alpha value is -1.92. The van der Waals surface area contributed by atoms with Crippen molar-refractivity contribution in [2.45, 2.75) is 26.3 Å². The highest BCUT2D eigenvalue weighted by Crippen LogP contribution is 2.14. The molecule has 0 bridgehead atoms. The number of carbonyl (C=O) groups is 2. The van der Waals surface area contributed by atoms with Gasteiger partial charge in [0.25, 0.3) is 0 Å². The lowest BCUT2D eigenvalue weighted by Crippen LogP contribution is -2.42.